The van der Waals surface area contributed by atoms with E-state index in [-0.39, 0.29) is 11.9 Å². The molecule has 160 valence electrons. The average molecular weight is 427 g/mol. The molecule has 5 aromatic rings. The third-order valence-electron chi connectivity index (χ3n) is 5.89. The van der Waals surface area contributed by atoms with Gasteiger partial charge in [-0.3, -0.25) is 4.98 Å². The number of hydrogen-bond acceptors (Lipinski definition) is 9. The largest absolute Gasteiger partial charge is 0.368 e. The van der Waals surface area contributed by atoms with Gasteiger partial charge in [-0.2, -0.15) is 10.1 Å². The minimum absolute atomic E-state index is 0.169. The van der Waals surface area contributed by atoms with Gasteiger partial charge in [0.1, 0.15) is 5.56 Å². The molecule has 1 unspecified atom stereocenters. The topological polar surface area (TPSA) is 134 Å². The lowest BCUT2D eigenvalue weighted by Crippen LogP contribution is -2.31. The summed E-state index contributed by atoms with van der Waals surface area (Å²) in [6.45, 7) is 6.33. The number of hydrogen-bond donors (Lipinski definition) is 1. The van der Waals surface area contributed by atoms with Crippen LogP contribution in [0.1, 0.15) is 32.2 Å². The molecule has 0 amide bonds. The molecule has 5 aromatic heterocycles. The number of fused-ring (bicyclic) bond motifs is 1. The van der Waals surface area contributed by atoms with Gasteiger partial charge < -0.3 is 10.3 Å². The van der Waals surface area contributed by atoms with Crippen LogP contribution in [0.15, 0.2) is 59.9 Å². The summed E-state index contributed by atoms with van der Waals surface area (Å²) in [5.74, 6) is 1.35. The average Bonchev–Trinajstić information content (AvgIpc) is 3.46. The molecule has 0 aliphatic heterocycles. The van der Waals surface area contributed by atoms with E-state index in [0.717, 1.165) is 16.8 Å². The smallest absolute Gasteiger partial charge is 0.263 e. The van der Waals surface area contributed by atoms with Crippen molar-refractivity contribution < 1.29 is 4.52 Å². The van der Waals surface area contributed by atoms with Crippen LogP contribution in [0.3, 0.4) is 0 Å². The second kappa shape index (κ2) is 7.49. The minimum Gasteiger partial charge on any atom is -0.368 e. The maximum absolute atomic E-state index is 5.64. The van der Waals surface area contributed by atoms with E-state index in [1.807, 2.05) is 30.6 Å². The van der Waals surface area contributed by atoms with E-state index in [1.54, 1.807) is 29.3 Å². The van der Waals surface area contributed by atoms with Gasteiger partial charge in [-0.05, 0) is 30.5 Å². The molecule has 0 aromatic carbocycles. The summed E-state index contributed by atoms with van der Waals surface area (Å²) < 4.78 is 7.31. The summed E-state index contributed by atoms with van der Waals surface area (Å²) >= 11 is 0. The van der Waals surface area contributed by atoms with E-state index in [9.17, 15) is 0 Å². The van der Waals surface area contributed by atoms with Crippen LogP contribution < -0.4 is 5.73 Å². The van der Waals surface area contributed by atoms with Crippen LogP contribution in [0.4, 0.5) is 5.95 Å². The van der Waals surface area contributed by atoms with Gasteiger partial charge in [-0.15, -0.1) is 0 Å². The highest BCUT2D eigenvalue weighted by Gasteiger charge is 2.38. The van der Waals surface area contributed by atoms with Gasteiger partial charge in [0, 0.05) is 36.5 Å². The highest BCUT2D eigenvalue weighted by molar-refractivity contribution is 5.70. The Morgan fingerprint density at radius 3 is 2.56 bits per heavy atom. The maximum Gasteiger partial charge on any atom is 0.263 e. The molecular formula is C22H21N9O. The predicted octanol–water partition coefficient (Wildman–Crippen LogP) is 3.18. The fourth-order valence-corrected chi connectivity index (χ4v) is 3.58. The van der Waals surface area contributed by atoms with Crippen LogP contribution in [0, 0.1) is 5.92 Å². The van der Waals surface area contributed by atoms with Crippen LogP contribution in [-0.4, -0.2) is 39.7 Å². The van der Waals surface area contributed by atoms with Gasteiger partial charge in [-0.1, -0.05) is 25.1 Å². The molecule has 32 heavy (non-hydrogen) atoms. The second-order valence-electron chi connectivity index (χ2n) is 7.99. The van der Waals surface area contributed by atoms with Crippen LogP contribution >= 0.6 is 0 Å². The third kappa shape index (κ3) is 3.16. The Morgan fingerprint density at radius 1 is 1.03 bits per heavy atom. The normalized spacial score (nSPS) is 13.5. The number of rotatable bonds is 5. The number of nitrogen functional groups attached to an aromatic ring is 1. The van der Waals surface area contributed by atoms with Gasteiger partial charge in [-0.25, -0.2) is 19.5 Å². The molecular weight excluding hydrogens is 406 g/mol. The zero-order valence-electron chi connectivity index (χ0n) is 17.8. The van der Waals surface area contributed by atoms with Gasteiger partial charge in [0.2, 0.25) is 5.95 Å². The maximum atomic E-state index is 5.64. The van der Waals surface area contributed by atoms with Gasteiger partial charge >= 0.3 is 0 Å². The summed E-state index contributed by atoms with van der Waals surface area (Å²) in [5, 5.41) is 8.63. The Morgan fingerprint density at radius 2 is 1.84 bits per heavy atom. The van der Waals surface area contributed by atoms with E-state index in [2.05, 4.69) is 51.0 Å². The van der Waals surface area contributed by atoms with Crippen molar-refractivity contribution in [1.82, 2.24) is 39.7 Å². The zero-order valence-corrected chi connectivity index (χ0v) is 17.8. The van der Waals surface area contributed by atoms with Gasteiger partial charge in [0.05, 0.1) is 17.3 Å². The lowest BCUT2D eigenvalue weighted by Gasteiger charge is -2.30. The first-order valence-electron chi connectivity index (χ1n) is 10.1. The third-order valence-corrected chi connectivity index (χ3v) is 5.89. The first-order chi connectivity index (χ1) is 15.5. The SMILES string of the molecule is CC(C)C(C)(c1ccc(-c2cnc(N)nc2)nc1)c1noc(-c2cnn3cccnc23)n1. The molecule has 0 radical (unpaired) electrons. The van der Waals surface area contributed by atoms with Gasteiger partial charge in [0.15, 0.2) is 11.5 Å². The Balaban J connectivity index is 1.52. The molecule has 5 heterocycles. The molecule has 0 aliphatic carbocycles. The first-order valence-corrected chi connectivity index (χ1v) is 10.1. The molecule has 10 heteroatoms. The lowest BCUT2D eigenvalue weighted by atomic mass is 9.73. The number of pyridine rings is 1. The van der Waals surface area contributed by atoms with Gasteiger partial charge in [0.25, 0.3) is 5.89 Å². The van der Waals surface area contributed by atoms with Crippen molar-refractivity contribution in [3.63, 3.8) is 0 Å². The number of nitrogens with two attached hydrogens (primary N) is 1. The zero-order chi connectivity index (χ0) is 22.3. The van der Waals surface area contributed by atoms with Crippen molar-refractivity contribution in [3.05, 3.63) is 66.8 Å². The van der Waals surface area contributed by atoms with E-state index >= 15 is 0 Å². The van der Waals surface area contributed by atoms with Crippen molar-refractivity contribution in [2.45, 2.75) is 26.2 Å². The van der Waals surface area contributed by atoms with E-state index in [1.165, 1.54) is 0 Å². The molecule has 2 N–H and O–H groups in total. The van der Waals surface area contributed by atoms with Crippen molar-refractivity contribution in [2.24, 2.45) is 5.92 Å². The van der Waals surface area contributed by atoms with Crippen LogP contribution in [0.5, 0.6) is 0 Å². The van der Waals surface area contributed by atoms with E-state index < -0.39 is 5.41 Å². The first kappa shape index (κ1) is 19.7. The highest BCUT2D eigenvalue weighted by Crippen LogP contribution is 2.38. The molecule has 0 spiro atoms. The monoisotopic (exact) mass is 427 g/mol. The van der Waals surface area contributed by atoms with Crippen LogP contribution in [0.25, 0.3) is 28.4 Å². The Hall–Kier alpha value is -4.21. The molecule has 0 bridgehead atoms. The second-order valence-corrected chi connectivity index (χ2v) is 7.99. The summed E-state index contributed by atoms with van der Waals surface area (Å²) in [5.41, 5.74) is 8.91. The summed E-state index contributed by atoms with van der Waals surface area (Å²) in [4.78, 5) is 21.8. The molecule has 0 fully saturated rings. The van der Waals surface area contributed by atoms with Crippen molar-refractivity contribution in [2.75, 3.05) is 5.73 Å². The quantitative estimate of drug-likeness (QED) is 0.449. The van der Waals surface area contributed by atoms with Crippen molar-refractivity contribution in [3.8, 4) is 22.7 Å². The summed E-state index contributed by atoms with van der Waals surface area (Å²) in [6.07, 6.45) is 10.3. The molecule has 5 rings (SSSR count). The van der Waals surface area contributed by atoms with Crippen LogP contribution in [-0.2, 0) is 5.41 Å². The molecule has 0 saturated heterocycles. The number of nitrogens with zero attached hydrogens (tertiary/aromatic N) is 8. The molecule has 0 aliphatic rings. The minimum atomic E-state index is -0.526. The number of aromatic nitrogens is 8. The fourth-order valence-electron chi connectivity index (χ4n) is 3.58. The van der Waals surface area contributed by atoms with Crippen LogP contribution in [0.2, 0.25) is 0 Å². The predicted molar refractivity (Wildman–Crippen MR) is 117 cm³/mol. The molecule has 1 atom stereocenters. The van der Waals surface area contributed by atoms with Crippen molar-refractivity contribution in [1.29, 1.82) is 0 Å². The number of anilines is 1. The fraction of sp³-hybridized carbons (Fsp3) is 0.227. The highest BCUT2D eigenvalue weighted by atomic mass is 16.5. The standard InChI is InChI=1S/C22H21N9O/c1-13(2)22(3,15-5-6-17(25-11-15)14-9-26-21(23)27-10-14)20-29-19(32-30-20)16-12-28-31-8-4-7-24-18(16)31/h4-13H,1-3H3,(H2,23,26,27). The lowest BCUT2D eigenvalue weighted by molar-refractivity contribution is 0.350. The van der Waals surface area contributed by atoms with E-state index in [4.69, 9.17) is 15.2 Å². The van der Waals surface area contributed by atoms with Crippen molar-refractivity contribution >= 4 is 11.6 Å². The Labute approximate surface area is 183 Å². The van der Waals surface area contributed by atoms with E-state index in [0.29, 0.717) is 22.9 Å². The molecule has 10 nitrogen and oxygen atoms in total. The summed E-state index contributed by atoms with van der Waals surface area (Å²) in [7, 11) is 0. The Bertz CT molecular complexity index is 1370. The molecule has 0 saturated carbocycles. The Kier molecular flexibility index (Phi) is 4.62. The summed E-state index contributed by atoms with van der Waals surface area (Å²) in [6, 6.07) is 5.76.